The highest BCUT2D eigenvalue weighted by atomic mass is 16.3. The number of phenolic OH excluding ortho intramolecular Hbond substituents is 9. The summed E-state index contributed by atoms with van der Waals surface area (Å²) in [6, 6.07) is 3.87. The van der Waals surface area contributed by atoms with Crippen molar-refractivity contribution in [3.05, 3.63) is 53.1 Å². The molecule has 0 aromatic heterocycles. The second-order valence-electron chi connectivity index (χ2n) is 7.51. The Kier molecular flexibility index (Phi) is 5.81. The molecule has 0 heterocycles. The van der Waals surface area contributed by atoms with E-state index in [1.54, 1.807) is 0 Å². The van der Waals surface area contributed by atoms with Gasteiger partial charge in [0, 0.05) is 36.4 Å². The smallest absolute Gasteiger partial charge is 0.361 e. The van der Waals surface area contributed by atoms with Gasteiger partial charge in [-0.15, -0.1) is 4.48 Å². The van der Waals surface area contributed by atoms with Gasteiger partial charge in [0.25, 0.3) is 0 Å². The van der Waals surface area contributed by atoms with E-state index in [2.05, 4.69) is 0 Å². The zero-order valence-electron chi connectivity index (χ0n) is 17.7. The molecule has 0 aliphatic rings. The van der Waals surface area contributed by atoms with Gasteiger partial charge in [0.05, 0.1) is 23.7 Å². The van der Waals surface area contributed by atoms with E-state index in [0.717, 1.165) is 7.05 Å². The third-order valence-electron chi connectivity index (χ3n) is 5.17. The van der Waals surface area contributed by atoms with Crippen LogP contribution in [-0.2, 0) is 0 Å². The summed E-state index contributed by atoms with van der Waals surface area (Å²) in [5.74, 6) is -13.0. The first kappa shape index (κ1) is 24.5. The number of hydrogen-bond donors (Lipinski definition) is 9. The number of phenols is 9. The van der Waals surface area contributed by atoms with Crippen LogP contribution in [0.25, 0.3) is 0 Å². The fourth-order valence-corrected chi connectivity index (χ4v) is 3.23. The first-order chi connectivity index (χ1) is 16.2. The van der Waals surface area contributed by atoms with Crippen LogP contribution in [0.2, 0.25) is 0 Å². The van der Waals surface area contributed by atoms with Crippen molar-refractivity contribution in [1.82, 2.24) is 0 Å². The van der Waals surface area contributed by atoms with Crippen molar-refractivity contribution >= 4 is 17.7 Å². The van der Waals surface area contributed by atoms with E-state index in [1.165, 1.54) is 0 Å². The minimum Gasteiger partial charge on any atom is -0.504 e. The van der Waals surface area contributed by atoms with Crippen molar-refractivity contribution < 1.29 is 64.8 Å². The molecule has 13 nitrogen and oxygen atoms in total. The number of hydrogen-bond acceptors (Lipinski definition) is 12. The lowest BCUT2D eigenvalue weighted by Gasteiger charge is -2.27. The maximum atomic E-state index is 13.5. The van der Waals surface area contributed by atoms with Crippen LogP contribution in [0.1, 0.15) is 31.1 Å². The molecule has 0 radical (unpaired) electrons. The lowest BCUT2D eigenvalue weighted by molar-refractivity contribution is -0.653. The number of amides is 3. The summed E-state index contributed by atoms with van der Waals surface area (Å²) in [6.07, 6.45) is 0. The average Bonchev–Trinajstić information content (AvgIpc) is 2.81. The Morgan fingerprint density at radius 3 is 0.800 bits per heavy atom. The minimum atomic E-state index is -1.91. The molecule has 3 rings (SSSR count). The van der Waals surface area contributed by atoms with Gasteiger partial charge in [0.2, 0.25) is 0 Å². The van der Waals surface area contributed by atoms with Crippen molar-refractivity contribution in [2.24, 2.45) is 0 Å². The monoisotopic (exact) mass is 488 g/mol. The molecule has 9 N–H and O–H groups in total. The van der Waals surface area contributed by atoms with Gasteiger partial charge >= 0.3 is 17.7 Å². The Morgan fingerprint density at radius 1 is 0.457 bits per heavy atom. The minimum absolute atomic E-state index is 0.645. The van der Waals surface area contributed by atoms with Crippen molar-refractivity contribution in [3.63, 3.8) is 0 Å². The highest BCUT2D eigenvalue weighted by Crippen LogP contribution is 2.40. The Morgan fingerprint density at radius 2 is 0.629 bits per heavy atom. The van der Waals surface area contributed by atoms with Crippen LogP contribution in [0.3, 0.4) is 0 Å². The molecule has 3 aromatic carbocycles. The fraction of sp³-hybridized carbons (Fsp3) is 0.0455. The number of imide groups is 3. The van der Waals surface area contributed by atoms with Crippen LogP contribution in [0.4, 0.5) is 0 Å². The Bertz CT molecular complexity index is 1170. The van der Waals surface area contributed by atoms with Gasteiger partial charge < -0.3 is 46.0 Å². The summed E-state index contributed by atoms with van der Waals surface area (Å²) >= 11 is 0. The van der Waals surface area contributed by atoms with E-state index in [-0.39, 0.29) is 0 Å². The molecule has 13 heteroatoms. The summed E-state index contributed by atoms with van der Waals surface area (Å²) in [5, 5.41) is 87.4. The first-order valence-electron chi connectivity index (χ1n) is 9.46. The van der Waals surface area contributed by atoms with E-state index in [9.17, 15) is 60.3 Å². The Hall–Kier alpha value is -5.17. The number of aromatic hydroxyl groups is 9. The van der Waals surface area contributed by atoms with Crippen molar-refractivity contribution in [1.29, 1.82) is 0 Å². The van der Waals surface area contributed by atoms with Gasteiger partial charge in [-0.25, -0.2) is 14.4 Å². The van der Waals surface area contributed by atoms with Gasteiger partial charge in [0.15, 0.2) is 51.7 Å². The van der Waals surface area contributed by atoms with Gasteiger partial charge in [0.1, 0.15) is 0 Å². The molecule has 0 spiro atoms. The lowest BCUT2D eigenvalue weighted by atomic mass is 10.0. The maximum Gasteiger partial charge on any atom is 0.361 e. The summed E-state index contributed by atoms with van der Waals surface area (Å²) in [6.45, 7) is 0. The molecule has 0 aliphatic heterocycles. The van der Waals surface area contributed by atoms with Crippen molar-refractivity contribution in [3.8, 4) is 51.7 Å². The molecule has 35 heavy (non-hydrogen) atoms. The number of nitrogens with zero attached hydrogens (tertiary/aromatic N) is 1. The van der Waals surface area contributed by atoms with Crippen LogP contribution in [0.15, 0.2) is 36.4 Å². The van der Waals surface area contributed by atoms with Gasteiger partial charge in [-0.05, 0) is 0 Å². The number of carbonyl (C=O) groups is 3. The zero-order valence-corrected chi connectivity index (χ0v) is 17.7. The lowest BCUT2D eigenvalue weighted by Crippen LogP contribution is -2.58. The summed E-state index contributed by atoms with van der Waals surface area (Å²) in [5.41, 5.74) is -1.95. The topological polar surface area (TPSA) is 233 Å². The number of quaternary nitrogens is 1. The Balaban J connectivity index is 2.29. The van der Waals surface area contributed by atoms with Gasteiger partial charge in [-0.2, -0.15) is 0 Å². The number of rotatable bonds is 3. The molecule has 0 saturated heterocycles. The number of carbonyl (C=O) groups excluding carboxylic acids is 3. The molecule has 0 saturated carbocycles. The molecule has 0 aliphatic carbocycles. The summed E-state index contributed by atoms with van der Waals surface area (Å²) in [4.78, 5) is 40.4. The number of benzene rings is 3. The largest absolute Gasteiger partial charge is 0.504 e. The van der Waals surface area contributed by atoms with Crippen LogP contribution in [-0.4, -0.2) is 75.2 Å². The quantitative estimate of drug-likeness (QED) is 0.144. The molecule has 0 fully saturated rings. The zero-order chi connectivity index (χ0) is 26.4. The SMILES string of the molecule is C[N+](C(=O)c1cc(O)c(O)c(O)c1)(C(=O)c1cc(O)c(O)c(O)c1)C(=O)c1cc(O)c(O)c(O)c1. The second-order valence-corrected chi connectivity index (χ2v) is 7.51. The van der Waals surface area contributed by atoms with Crippen molar-refractivity contribution in [2.75, 3.05) is 7.05 Å². The maximum absolute atomic E-state index is 13.5. The highest BCUT2D eigenvalue weighted by Gasteiger charge is 2.50. The molecular formula is C22H18NO12+. The van der Waals surface area contributed by atoms with Crippen LogP contribution >= 0.6 is 0 Å². The van der Waals surface area contributed by atoms with Crippen LogP contribution in [0.5, 0.6) is 51.7 Å². The predicted octanol–water partition coefficient (Wildman–Crippen LogP) is 1.30. The molecule has 0 unspecified atom stereocenters. The third-order valence-corrected chi connectivity index (χ3v) is 5.17. The van der Waals surface area contributed by atoms with Gasteiger partial charge in [-0.1, -0.05) is 0 Å². The molecule has 182 valence electrons. The van der Waals surface area contributed by atoms with E-state index < -0.39 is 90.6 Å². The summed E-state index contributed by atoms with van der Waals surface area (Å²) in [7, 11) is 0.760. The molecule has 0 atom stereocenters. The summed E-state index contributed by atoms with van der Waals surface area (Å²) < 4.78 is -1.91. The molecule has 3 aromatic rings. The van der Waals surface area contributed by atoms with Crippen LogP contribution in [0, 0.1) is 0 Å². The molecular weight excluding hydrogens is 470 g/mol. The van der Waals surface area contributed by atoms with E-state index in [1.807, 2.05) is 0 Å². The second kappa shape index (κ2) is 8.31. The first-order valence-corrected chi connectivity index (χ1v) is 9.46. The fourth-order valence-electron chi connectivity index (χ4n) is 3.23. The van der Waals surface area contributed by atoms with E-state index in [0.29, 0.717) is 36.4 Å². The van der Waals surface area contributed by atoms with Crippen LogP contribution < -0.4 is 0 Å². The third kappa shape index (κ3) is 3.91. The average molecular weight is 488 g/mol. The Labute approximate surface area is 195 Å². The normalized spacial score (nSPS) is 11.2. The van der Waals surface area contributed by atoms with Gasteiger partial charge in [-0.3, -0.25) is 0 Å². The van der Waals surface area contributed by atoms with E-state index >= 15 is 0 Å². The predicted molar refractivity (Wildman–Crippen MR) is 113 cm³/mol. The standard InChI is InChI=1S/C22H17NO12/c1-23(20(33)8-2-11(24)17(30)12(25)3-8,21(34)9-4-13(26)18(31)14(27)5-9)22(35)10-6-15(28)19(32)16(29)7-10/h2-7H,1H3,(H8-,24,25,26,27,28,29,30,31,32,33,34,35)/p+1. The van der Waals surface area contributed by atoms with Crippen molar-refractivity contribution in [2.45, 2.75) is 0 Å². The van der Waals surface area contributed by atoms with E-state index in [4.69, 9.17) is 0 Å². The molecule has 3 amide bonds. The highest BCUT2D eigenvalue weighted by molar-refractivity contribution is 6.13. The molecule has 0 bridgehead atoms.